The lowest BCUT2D eigenvalue weighted by Crippen LogP contribution is -2.42. The summed E-state index contributed by atoms with van der Waals surface area (Å²) < 4.78 is 6.71. The van der Waals surface area contributed by atoms with Gasteiger partial charge in [0.25, 0.3) is 5.91 Å². The molecular weight excluding hydrogens is 322 g/mol. The first-order valence-corrected chi connectivity index (χ1v) is 8.12. The summed E-state index contributed by atoms with van der Waals surface area (Å²) in [6.07, 6.45) is 3.74. The van der Waals surface area contributed by atoms with Crippen molar-refractivity contribution in [3.63, 3.8) is 0 Å². The van der Waals surface area contributed by atoms with E-state index in [9.17, 15) is 14.7 Å². The van der Waals surface area contributed by atoms with Gasteiger partial charge in [0.05, 0.1) is 6.61 Å². The highest BCUT2D eigenvalue weighted by atomic mass is 16.5. The lowest BCUT2D eigenvalue weighted by molar-refractivity contribution is -0.151. The lowest BCUT2D eigenvalue weighted by atomic mass is 9.88. The van der Waals surface area contributed by atoms with Crippen molar-refractivity contribution in [1.82, 2.24) is 14.7 Å². The van der Waals surface area contributed by atoms with Crippen molar-refractivity contribution >= 4 is 11.9 Å². The van der Waals surface area contributed by atoms with Gasteiger partial charge in [-0.3, -0.25) is 14.3 Å². The van der Waals surface area contributed by atoms with Gasteiger partial charge in [0.1, 0.15) is 5.41 Å². The van der Waals surface area contributed by atoms with E-state index in [-0.39, 0.29) is 19.1 Å². The molecule has 7 heteroatoms. The molecule has 1 aliphatic rings. The average molecular weight is 343 g/mol. The maximum Gasteiger partial charge on any atom is 0.313 e. The Kier molecular flexibility index (Phi) is 4.85. The zero-order chi connectivity index (χ0) is 17.9. The summed E-state index contributed by atoms with van der Waals surface area (Å²) in [5, 5.41) is 13.8. The molecule has 7 nitrogen and oxygen atoms in total. The van der Waals surface area contributed by atoms with Crippen LogP contribution in [0.5, 0.6) is 0 Å². The SMILES string of the molecule is COCC1(C(=O)O)CCN(C(=O)C(c2ccccc2)n2cccn2)C1. The first-order valence-electron chi connectivity index (χ1n) is 8.12. The monoisotopic (exact) mass is 343 g/mol. The Morgan fingerprint density at radius 2 is 2.08 bits per heavy atom. The van der Waals surface area contributed by atoms with Crippen molar-refractivity contribution in [3.8, 4) is 0 Å². The van der Waals surface area contributed by atoms with Gasteiger partial charge in [0.2, 0.25) is 0 Å². The minimum absolute atomic E-state index is 0.0872. The third kappa shape index (κ3) is 3.28. The number of hydrogen-bond donors (Lipinski definition) is 1. The summed E-state index contributed by atoms with van der Waals surface area (Å²) in [5.41, 5.74) is -0.230. The molecule has 0 saturated carbocycles. The summed E-state index contributed by atoms with van der Waals surface area (Å²) in [6.45, 7) is 0.614. The fourth-order valence-corrected chi connectivity index (χ4v) is 3.34. The number of rotatable bonds is 6. The number of benzene rings is 1. The molecule has 2 heterocycles. The molecular formula is C18H21N3O4. The predicted octanol–water partition coefficient (Wildman–Crippen LogP) is 1.42. The van der Waals surface area contributed by atoms with E-state index >= 15 is 0 Å². The third-order valence-corrected chi connectivity index (χ3v) is 4.68. The first kappa shape index (κ1) is 17.2. The second-order valence-electron chi connectivity index (χ2n) is 6.33. The van der Waals surface area contributed by atoms with Gasteiger partial charge in [0.15, 0.2) is 6.04 Å². The van der Waals surface area contributed by atoms with E-state index < -0.39 is 17.4 Å². The van der Waals surface area contributed by atoms with Gasteiger partial charge >= 0.3 is 5.97 Å². The minimum Gasteiger partial charge on any atom is -0.481 e. The van der Waals surface area contributed by atoms with Crippen LogP contribution in [0.3, 0.4) is 0 Å². The van der Waals surface area contributed by atoms with E-state index in [1.807, 2.05) is 30.3 Å². The number of aliphatic carboxylic acids is 1. The number of carboxylic acids is 1. The van der Waals surface area contributed by atoms with Crippen LogP contribution in [0.1, 0.15) is 18.0 Å². The van der Waals surface area contributed by atoms with Crippen LogP contribution in [0, 0.1) is 5.41 Å². The molecule has 3 rings (SSSR count). The number of methoxy groups -OCH3 is 1. The van der Waals surface area contributed by atoms with Crippen LogP contribution in [0.25, 0.3) is 0 Å². The van der Waals surface area contributed by atoms with E-state index in [4.69, 9.17) is 4.74 Å². The molecule has 0 spiro atoms. The van der Waals surface area contributed by atoms with Crippen molar-refractivity contribution in [2.24, 2.45) is 5.41 Å². The average Bonchev–Trinajstić information content (AvgIpc) is 3.27. The van der Waals surface area contributed by atoms with Gasteiger partial charge in [0, 0.05) is 32.6 Å². The molecule has 0 radical (unpaired) electrons. The summed E-state index contributed by atoms with van der Waals surface area (Å²) in [7, 11) is 1.48. The number of carboxylic acid groups (broad SMARTS) is 1. The Bertz CT molecular complexity index is 732. The number of nitrogens with zero attached hydrogens (tertiary/aromatic N) is 3. The van der Waals surface area contributed by atoms with E-state index in [1.165, 1.54) is 7.11 Å². The molecule has 1 amide bonds. The van der Waals surface area contributed by atoms with Gasteiger partial charge in [-0.15, -0.1) is 0 Å². The van der Waals surface area contributed by atoms with Crippen LogP contribution in [-0.2, 0) is 14.3 Å². The summed E-state index contributed by atoms with van der Waals surface area (Å²) in [5.74, 6) is -1.09. The fourth-order valence-electron chi connectivity index (χ4n) is 3.34. The molecule has 132 valence electrons. The number of likely N-dealkylation sites (tertiary alicyclic amines) is 1. The van der Waals surface area contributed by atoms with Crippen molar-refractivity contribution < 1.29 is 19.4 Å². The summed E-state index contributed by atoms with van der Waals surface area (Å²) in [6, 6.07) is 10.5. The molecule has 2 atom stereocenters. The van der Waals surface area contributed by atoms with Crippen LogP contribution in [0.15, 0.2) is 48.8 Å². The normalized spacial score (nSPS) is 21.2. The molecule has 2 aromatic rings. The quantitative estimate of drug-likeness (QED) is 0.857. The molecule has 1 aromatic carbocycles. The van der Waals surface area contributed by atoms with E-state index in [0.29, 0.717) is 13.0 Å². The summed E-state index contributed by atoms with van der Waals surface area (Å²) in [4.78, 5) is 26.5. The molecule has 1 saturated heterocycles. The number of carbonyl (C=O) groups is 2. The van der Waals surface area contributed by atoms with Crippen molar-refractivity contribution in [3.05, 3.63) is 54.4 Å². The smallest absolute Gasteiger partial charge is 0.313 e. The van der Waals surface area contributed by atoms with Crippen LogP contribution in [-0.4, -0.2) is 58.5 Å². The molecule has 2 unspecified atom stereocenters. The lowest BCUT2D eigenvalue weighted by Gasteiger charge is -2.27. The molecule has 0 aliphatic carbocycles. The second-order valence-corrected chi connectivity index (χ2v) is 6.33. The van der Waals surface area contributed by atoms with Gasteiger partial charge in [-0.1, -0.05) is 30.3 Å². The highest BCUT2D eigenvalue weighted by molar-refractivity contribution is 5.85. The Morgan fingerprint density at radius 1 is 1.32 bits per heavy atom. The maximum atomic E-state index is 13.2. The minimum atomic E-state index is -1.05. The second kappa shape index (κ2) is 7.06. The van der Waals surface area contributed by atoms with E-state index in [1.54, 1.807) is 28.0 Å². The summed E-state index contributed by atoms with van der Waals surface area (Å²) >= 11 is 0. The van der Waals surface area contributed by atoms with Crippen molar-refractivity contribution in [2.45, 2.75) is 12.5 Å². The Hall–Kier alpha value is -2.67. The fraction of sp³-hybridized carbons (Fsp3) is 0.389. The Morgan fingerprint density at radius 3 is 2.68 bits per heavy atom. The van der Waals surface area contributed by atoms with Crippen LogP contribution < -0.4 is 0 Å². The molecule has 1 aromatic heterocycles. The zero-order valence-corrected chi connectivity index (χ0v) is 14.0. The standard InChI is InChI=1S/C18H21N3O4/c1-25-13-18(17(23)24)8-11-20(12-18)16(22)15(21-10-5-9-19-21)14-6-3-2-4-7-14/h2-7,9-10,15H,8,11-13H2,1H3,(H,23,24). The topological polar surface area (TPSA) is 84.7 Å². The first-order chi connectivity index (χ1) is 12.1. The highest BCUT2D eigenvalue weighted by Crippen LogP contribution is 2.33. The number of amides is 1. The van der Waals surface area contributed by atoms with Gasteiger partial charge < -0.3 is 14.7 Å². The van der Waals surface area contributed by atoms with Crippen LogP contribution in [0.2, 0.25) is 0 Å². The number of aromatic nitrogens is 2. The number of ether oxygens (including phenoxy) is 1. The van der Waals surface area contributed by atoms with Crippen molar-refractivity contribution in [1.29, 1.82) is 0 Å². The van der Waals surface area contributed by atoms with E-state index in [0.717, 1.165) is 5.56 Å². The molecule has 1 fully saturated rings. The van der Waals surface area contributed by atoms with Crippen LogP contribution in [0.4, 0.5) is 0 Å². The van der Waals surface area contributed by atoms with Gasteiger partial charge in [-0.05, 0) is 18.1 Å². The predicted molar refractivity (Wildman–Crippen MR) is 89.9 cm³/mol. The van der Waals surface area contributed by atoms with Crippen molar-refractivity contribution in [2.75, 3.05) is 26.8 Å². The largest absolute Gasteiger partial charge is 0.481 e. The number of carbonyl (C=O) groups excluding carboxylic acids is 1. The van der Waals surface area contributed by atoms with Crippen LogP contribution >= 0.6 is 0 Å². The van der Waals surface area contributed by atoms with Gasteiger partial charge in [-0.2, -0.15) is 5.10 Å². The molecule has 1 N–H and O–H groups in total. The molecule has 0 bridgehead atoms. The highest BCUT2D eigenvalue weighted by Gasteiger charge is 2.47. The Labute approximate surface area is 145 Å². The maximum absolute atomic E-state index is 13.2. The Balaban J connectivity index is 1.88. The van der Waals surface area contributed by atoms with Gasteiger partial charge in [-0.25, -0.2) is 0 Å². The molecule has 25 heavy (non-hydrogen) atoms. The zero-order valence-electron chi connectivity index (χ0n) is 14.0. The third-order valence-electron chi connectivity index (χ3n) is 4.68. The molecule has 1 aliphatic heterocycles. The van der Waals surface area contributed by atoms with E-state index in [2.05, 4.69) is 5.10 Å². The number of hydrogen-bond acceptors (Lipinski definition) is 4.